The van der Waals surface area contributed by atoms with E-state index in [2.05, 4.69) is 84.4 Å². The van der Waals surface area contributed by atoms with Crippen LogP contribution >= 0.6 is 0 Å². The summed E-state index contributed by atoms with van der Waals surface area (Å²) in [5.74, 6) is 0.764. The fraction of sp³-hybridized carbons (Fsp3) is 0.241. The summed E-state index contributed by atoms with van der Waals surface area (Å²) in [6.45, 7) is 9.00. The Bertz CT molecular complexity index is 1320. The Balaban J connectivity index is 1.47. The summed E-state index contributed by atoms with van der Waals surface area (Å²) in [5.41, 5.74) is 9.26. The van der Waals surface area contributed by atoms with Crippen LogP contribution in [0.25, 0.3) is 10.9 Å². The van der Waals surface area contributed by atoms with Crippen molar-refractivity contribution in [3.05, 3.63) is 101 Å². The van der Waals surface area contributed by atoms with Crippen LogP contribution in [0.15, 0.2) is 77.9 Å². The molecule has 0 unspecified atom stereocenters. The van der Waals surface area contributed by atoms with Gasteiger partial charge in [-0.05, 0) is 48.6 Å². The first-order valence-electron chi connectivity index (χ1n) is 11.6. The van der Waals surface area contributed by atoms with E-state index < -0.39 is 0 Å². The van der Waals surface area contributed by atoms with Gasteiger partial charge in [-0.2, -0.15) is 5.10 Å². The van der Waals surface area contributed by atoms with Crippen LogP contribution in [0.5, 0.6) is 5.75 Å². The van der Waals surface area contributed by atoms with Gasteiger partial charge < -0.3 is 9.30 Å². The minimum Gasteiger partial charge on any atom is -0.483 e. The number of benzene rings is 3. The number of hydrogen-bond acceptors (Lipinski definition) is 3. The highest BCUT2D eigenvalue weighted by Gasteiger charge is 2.13. The summed E-state index contributed by atoms with van der Waals surface area (Å²) in [4.78, 5) is 12.4. The Morgan fingerprint density at radius 2 is 1.76 bits per heavy atom. The minimum atomic E-state index is -0.293. The first-order valence-corrected chi connectivity index (χ1v) is 11.6. The first-order chi connectivity index (χ1) is 16.4. The van der Waals surface area contributed by atoms with E-state index in [-0.39, 0.29) is 12.5 Å². The summed E-state index contributed by atoms with van der Waals surface area (Å²) < 4.78 is 8.10. The van der Waals surface area contributed by atoms with Crippen molar-refractivity contribution in [3.8, 4) is 5.75 Å². The maximum atomic E-state index is 12.4. The average molecular weight is 454 g/mol. The van der Waals surface area contributed by atoms with Crippen LogP contribution in [-0.4, -0.2) is 23.3 Å². The maximum absolute atomic E-state index is 12.4. The van der Waals surface area contributed by atoms with E-state index in [1.807, 2.05) is 31.2 Å². The van der Waals surface area contributed by atoms with Crippen molar-refractivity contribution in [2.45, 2.75) is 40.2 Å². The van der Waals surface area contributed by atoms with Crippen molar-refractivity contribution in [2.75, 3.05) is 6.61 Å². The normalized spacial score (nSPS) is 11.4. The molecule has 0 aliphatic rings. The monoisotopic (exact) mass is 453 g/mol. The standard InChI is InChI=1S/C29H31N3O2/c1-20(2)24-15-14-21(3)16-28(24)34-19-29(33)31-30-17-26-22(4)32(18-23-10-6-5-7-11-23)27-13-9-8-12-25(26)27/h5-17,20H,18-19H2,1-4H3,(H,31,33)/b30-17+. The van der Waals surface area contributed by atoms with Crippen LogP contribution in [0.3, 0.4) is 0 Å². The Morgan fingerprint density at radius 3 is 2.53 bits per heavy atom. The molecule has 0 bridgehead atoms. The molecule has 174 valence electrons. The molecule has 3 aromatic carbocycles. The quantitative estimate of drug-likeness (QED) is 0.264. The van der Waals surface area contributed by atoms with Gasteiger partial charge in [0.1, 0.15) is 5.75 Å². The van der Waals surface area contributed by atoms with E-state index in [9.17, 15) is 4.79 Å². The Labute approximate surface area is 201 Å². The lowest BCUT2D eigenvalue weighted by Gasteiger charge is -2.14. The van der Waals surface area contributed by atoms with Crippen LogP contribution in [-0.2, 0) is 11.3 Å². The van der Waals surface area contributed by atoms with Crippen LogP contribution in [0.4, 0.5) is 0 Å². The second kappa shape index (κ2) is 10.4. The molecule has 0 saturated carbocycles. The number of amides is 1. The highest BCUT2D eigenvalue weighted by Crippen LogP contribution is 2.28. The number of ether oxygens (including phenoxy) is 1. The Hall–Kier alpha value is -3.86. The maximum Gasteiger partial charge on any atom is 0.277 e. The lowest BCUT2D eigenvalue weighted by molar-refractivity contribution is -0.123. The molecule has 34 heavy (non-hydrogen) atoms. The molecule has 1 aromatic heterocycles. The van der Waals surface area contributed by atoms with Crippen LogP contribution in [0.1, 0.15) is 47.7 Å². The van der Waals surface area contributed by atoms with Gasteiger partial charge in [-0.1, -0.05) is 74.5 Å². The van der Waals surface area contributed by atoms with E-state index >= 15 is 0 Å². The zero-order valence-electron chi connectivity index (χ0n) is 20.2. The smallest absolute Gasteiger partial charge is 0.277 e. The Morgan fingerprint density at radius 1 is 1.03 bits per heavy atom. The summed E-state index contributed by atoms with van der Waals surface area (Å²) in [7, 11) is 0. The highest BCUT2D eigenvalue weighted by atomic mass is 16.5. The van der Waals surface area contributed by atoms with E-state index in [1.165, 1.54) is 5.56 Å². The van der Waals surface area contributed by atoms with Gasteiger partial charge in [-0.25, -0.2) is 5.43 Å². The summed E-state index contributed by atoms with van der Waals surface area (Å²) >= 11 is 0. The number of nitrogens with zero attached hydrogens (tertiary/aromatic N) is 2. The summed E-state index contributed by atoms with van der Waals surface area (Å²) in [6, 6.07) is 24.7. The third-order valence-corrected chi connectivity index (χ3v) is 6.00. The third kappa shape index (κ3) is 5.20. The zero-order valence-corrected chi connectivity index (χ0v) is 20.2. The van der Waals surface area contributed by atoms with Gasteiger partial charge in [0.05, 0.1) is 6.21 Å². The molecule has 0 atom stereocenters. The van der Waals surface area contributed by atoms with Gasteiger partial charge in [0, 0.05) is 28.7 Å². The molecular weight excluding hydrogens is 422 g/mol. The van der Waals surface area contributed by atoms with E-state index in [4.69, 9.17) is 4.74 Å². The van der Waals surface area contributed by atoms with Crippen molar-refractivity contribution in [1.82, 2.24) is 9.99 Å². The van der Waals surface area contributed by atoms with Crippen LogP contribution < -0.4 is 10.2 Å². The molecule has 0 saturated heterocycles. The molecule has 0 aliphatic carbocycles. The van der Waals surface area contributed by atoms with E-state index in [0.29, 0.717) is 5.92 Å². The van der Waals surface area contributed by atoms with Crippen molar-refractivity contribution in [3.63, 3.8) is 0 Å². The average Bonchev–Trinajstić information content (AvgIpc) is 3.09. The summed E-state index contributed by atoms with van der Waals surface area (Å²) in [5, 5.41) is 5.35. The molecule has 1 heterocycles. The minimum absolute atomic E-state index is 0.0880. The van der Waals surface area contributed by atoms with E-state index in [1.54, 1.807) is 6.21 Å². The molecule has 0 radical (unpaired) electrons. The van der Waals surface area contributed by atoms with Crippen molar-refractivity contribution in [2.24, 2.45) is 5.10 Å². The highest BCUT2D eigenvalue weighted by molar-refractivity contribution is 6.01. The molecule has 5 heteroatoms. The van der Waals surface area contributed by atoms with Crippen LogP contribution in [0, 0.1) is 13.8 Å². The SMILES string of the molecule is Cc1ccc(C(C)C)c(OCC(=O)N/N=C/c2c(C)n(Cc3ccccc3)c3ccccc23)c1. The number of carbonyl (C=O) groups is 1. The number of aryl methyl sites for hydroxylation is 1. The number of hydrogen-bond donors (Lipinski definition) is 1. The largest absolute Gasteiger partial charge is 0.483 e. The molecule has 4 aromatic rings. The molecule has 4 rings (SSSR count). The van der Waals surface area contributed by atoms with Gasteiger partial charge in [0.25, 0.3) is 5.91 Å². The Kier molecular flexibility index (Phi) is 7.12. The fourth-order valence-corrected chi connectivity index (χ4v) is 4.18. The molecule has 0 spiro atoms. The fourth-order valence-electron chi connectivity index (χ4n) is 4.18. The number of nitrogens with one attached hydrogen (secondary N) is 1. The summed E-state index contributed by atoms with van der Waals surface area (Å²) in [6.07, 6.45) is 1.73. The number of aromatic nitrogens is 1. The molecule has 0 fully saturated rings. The number of fused-ring (bicyclic) bond motifs is 1. The number of para-hydroxylation sites is 1. The zero-order chi connectivity index (χ0) is 24.1. The van der Waals surface area contributed by atoms with Gasteiger partial charge in [-0.15, -0.1) is 0 Å². The number of rotatable bonds is 8. The number of carbonyl (C=O) groups excluding carboxylic acids is 1. The van der Waals surface area contributed by atoms with Crippen molar-refractivity contribution in [1.29, 1.82) is 0 Å². The van der Waals surface area contributed by atoms with Crippen LogP contribution in [0.2, 0.25) is 0 Å². The van der Waals surface area contributed by atoms with Gasteiger partial charge in [0.2, 0.25) is 0 Å². The third-order valence-electron chi connectivity index (χ3n) is 6.00. The number of hydrazone groups is 1. The molecule has 5 nitrogen and oxygen atoms in total. The first kappa shape index (κ1) is 23.3. The molecule has 1 amide bonds. The molecule has 0 aliphatic heterocycles. The van der Waals surface area contributed by atoms with Gasteiger partial charge in [-0.3, -0.25) is 4.79 Å². The van der Waals surface area contributed by atoms with Gasteiger partial charge in [0.15, 0.2) is 6.61 Å². The second-order valence-corrected chi connectivity index (χ2v) is 8.87. The van der Waals surface area contributed by atoms with E-state index in [0.717, 1.165) is 45.6 Å². The van der Waals surface area contributed by atoms with Gasteiger partial charge >= 0.3 is 0 Å². The molecule has 1 N–H and O–H groups in total. The topological polar surface area (TPSA) is 55.6 Å². The van der Waals surface area contributed by atoms with Crippen molar-refractivity contribution >= 4 is 23.0 Å². The lowest BCUT2D eigenvalue weighted by Crippen LogP contribution is -2.25. The van der Waals surface area contributed by atoms with Crippen molar-refractivity contribution < 1.29 is 9.53 Å². The second-order valence-electron chi connectivity index (χ2n) is 8.87. The molecular formula is C29H31N3O2. The lowest BCUT2D eigenvalue weighted by atomic mass is 10.0. The predicted octanol–water partition coefficient (Wildman–Crippen LogP) is 5.96. The predicted molar refractivity (Wildman–Crippen MR) is 139 cm³/mol.